The molecule has 1 unspecified atom stereocenters. The lowest BCUT2D eigenvalue weighted by Gasteiger charge is -2.31. The molecule has 1 aliphatic heterocycles. The van der Waals surface area contributed by atoms with Crippen LogP contribution in [0.5, 0.6) is 0 Å². The van der Waals surface area contributed by atoms with Gasteiger partial charge in [0.1, 0.15) is 0 Å². The van der Waals surface area contributed by atoms with E-state index in [0.717, 1.165) is 18.5 Å². The van der Waals surface area contributed by atoms with Crippen LogP contribution in [0.1, 0.15) is 24.5 Å². The molecule has 0 fully saturated rings. The molecule has 0 radical (unpaired) electrons. The third-order valence-electron chi connectivity index (χ3n) is 3.50. The van der Waals surface area contributed by atoms with Gasteiger partial charge in [0.15, 0.2) is 0 Å². The molecule has 3 rings (SSSR count). The average molecular weight is 214 g/mol. The smallest absolute Gasteiger partial charge is 0.245 e. The molecule has 82 valence electrons. The van der Waals surface area contributed by atoms with Crippen molar-refractivity contribution in [2.45, 2.75) is 19.8 Å². The quantitative estimate of drug-likeness (QED) is 0.689. The second-order valence-corrected chi connectivity index (χ2v) is 4.39. The molecule has 0 saturated carbocycles. The number of rotatable bonds is 0. The summed E-state index contributed by atoms with van der Waals surface area (Å²) in [5, 5.41) is 0. The first-order valence-electron chi connectivity index (χ1n) is 5.64. The van der Waals surface area contributed by atoms with E-state index in [1.54, 1.807) is 0 Å². The van der Waals surface area contributed by atoms with Gasteiger partial charge in [0.25, 0.3) is 0 Å². The zero-order valence-corrected chi connectivity index (χ0v) is 9.21. The SMILES string of the molecule is CC1C(=O)NNC2=C1CCc1ccccc12. The van der Waals surface area contributed by atoms with Crippen LogP contribution in [0, 0.1) is 5.92 Å². The number of aryl methyl sites for hydroxylation is 1. The Morgan fingerprint density at radius 1 is 1.19 bits per heavy atom. The highest BCUT2D eigenvalue weighted by molar-refractivity contribution is 5.89. The monoisotopic (exact) mass is 214 g/mol. The zero-order chi connectivity index (χ0) is 11.1. The fourth-order valence-electron chi connectivity index (χ4n) is 2.52. The summed E-state index contributed by atoms with van der Waals surface area (Å²) >= 11 is 0. The van der Waals surface area contributed by atoms with Gasteiger partial charge in [-0.3, -0.25) is 15.6 Å². The lowest BCUT2D eigenvalue weighted by Crippen LogP contribution is -2.46. The van der Waals surface area contributed by atoms with Crippen LogP contribution in [-0.2, 0) is 11.2 Å². The summed E-state index contributed by atoms with van der Waals surface area (Å²) in [6, 6.07) is 8.37. The molecule has 3 heteroatoms. The highest BCUT2D eigenvalue weighted by Crippen LogP contribution is 2.34. The molecule has 1 aliphatic carbocycles. The van der Waals surface area contributed by atoms with Crippen molar-refractivity contribution >= 4 is 11.6 Å². The molecule has 1 atom stereocenters. The van der Waals surface area contributed by atoms with Gasteiger partial charge >= 0.3 is 0 Å². The lowest BCUT2D eigenvalue weighted by atomic mass is 9.83. The molecule has 0 aromatic heterocycles. The number of amides is 1. The predicted molar refractivity (Wildman–Crippen MR) is 62.1 cm³/mol. The standard InChI is InChI=1S/C13H14N2O/c1-8-10-7-6-9-4-2-3-5-11(9)12(10)14-15-13(8)16/h2-5,8,14H,6-7H2,1H3,(H,15,16). The van der Waals surface area contributed by atoms with Crippen LogP contribution in [0.3, 0.4) is 0 Å². The van der Waals surface area contributed by atoms with Crippen molar-refractivity contribution in [2.75, 3.05) is 0 Å². The molecule has 16 heavy (non-hydrogen) atoms. The number of nitrogens with one attached hydrogen (secondary N) is 2. The Hall–Kier alpha value is -1.77. The lowest BCUT2D eigenvalue weighted by molar-refractivity contribution is -0.124. The summed E-state index contributed by atoms with van der Waals surface area (Å²) in [6.45, 7) is 1.97. The summed E-state index contributed by atoms with van der Waals surface area (Å²) < 4.78 is 0. The Morgan fingerprint density at radius 3 is 2.88 bits per heavy atom. The predicted octanol–water partition coefficient (Wildman–Crippen LogP) is 1.61. The average Bonchev–Trinajstić information content (AvgIpc) is 2.33. The Balaban J connectivity index is 2.14. The van der Waals surface area contributed by atoms with E-state index in [0.29, 0.717) is 0 Å². The van der Waals surface area contributed by atoms with Gasteiger partial charge < -0.3 is 0 Å². The number of benzene rings is 1. The number of carbonyl (C=O) groups is 1. The van der Waals surface area contributed by atoms with E-state index in [1.807, 2.05) is 13.0 Å². The van der Waals surface area contributed by atoms with Crippen LogP contribution in [-0.4, -0.2) is 5.91 Å². The molecule has 1 aromatic rings. The summed E-state index contributed by atoms with van der Waals surface area (Å²) in [6.07, 6.45) is 2.02. The zero-order valence-electron chi connectivity index (χ0n) is 9.21. The third-order valence-corrected chi connectivity index (χ3v) is 3.50. The maximum atomic E-state index is 11.6. The van der Waals surface area contributed by atoms with E-state index < -0.39 is 0 Å². The molecule has 3 nitrogen and oxygen atoms in total. The van der Waals surface area contributed by atoms with Crippen molar-refractivity contribution in [3.63, 3.8) is 0 Å². The fraction of sp³-hybridized carbons (Fsp3) is 0.308. The van der Waals surface area contributed by atoms with Crippen LogP contribution in [0.4, 0.5) is 0 Å². The first kappa shape index (κ1) is 9.46. The van der Waals surface area contributed by atoms with Crippen molar-refractivity contribution in [1.29, 1.82) is 0 Å². The number of carbonyl (C=O) groups excluding carboxylic acids is 1. The van der Waals surface area contributed by atoms with E-state index in [2.05, 4.69) is 29.1 Å². The molecule has 1 amide bonds. The van der Waals surface area contributed by atoms with E-state index >= 15 is 0 Å². The normalized spacial score (nSPS) is 23.1. The van der Waals surface area contributed by atoms with Crippen molar-refractivity contribution < 1.29 is 4.79 Å². The van der Waals surface area contributed by atoms with Gasteiger partial charge in [-0.05, 0) is 30.9 Å². The third kappa shape index (κ3) is 1.24. The minimum absolute atomic E-state index is 0.00962. The maximum absolute atomic E-state index is 11.6. The van der Waals surface area contributed by atoms with Crippen molar-refractivity contribution in [2.24, 2.45) is 5.92 Å². The largest absolute Gasteiger partial charge is 0.298 e. The first-order chi connectivity index (χ1) is 7.77. The molecular weight excluding hydrogens is 200 g/mol. The van der Waals surface area contributed by atoms with Gasteiger partial charge in [-0.15, -0.1) is 0 Å². The second-order valence-electron chi connectivity index (χ2n) is 4.39. The van der Waals surface area contributed by atoms with Gasteiger partial charge in [0.2, 0.25) is 5.91 Å². The summed E-state index contributed by atoms with van der Waals surface area (Å²) in [7, 11) is 0. The van der Waals surface area contributed by atoms with Crippen molar-refractivity contribution in [3.05, 3.63) is 41.0 Å². The Kier molecular flexibility index (Phi) is 1.99. The van der Waals surface area contributed by atoms with Gasteiger partial charge in [-0.1, -0.05) is 24.3 Å². The number of hydrogen-bond acceptors (Lipinski definition) is 2. The summed E-state index contributed by atoms with van der Waals surface area (Å²) in [5.41, 5.74) is 10.7. The van der Waals surface area contributed by atoms with E-state index in [9.17, 15) is 4.79 Å². The van der Waals surface area contributed by atoms with E-state index in [4.69, 9.17) is 0 Å². The first-order valence-corrected chi connectivity index (χ1v) is 5.64. The minimum atomic E-state index is -0.00962. The molecule has 2 aliphatic rings. The van der Waals surface area contributed by atoms with Crippen LogP contribution < -0.4 is 10.9 Å². The topological polar surface area (TPSA) is 41.1 Å². The Morgan fingerprint density at radius 2 is 2.00 bits per heavy atom. The minimum Gasteiger partial charge on any atom is -0.298 e. The van der Waals surface area contributed by atoms with Gasteiger partial charge in [-0.25, -0.2) is 0 Å². The molecule has 2 N–H and O–H groups in total. The number of fused-ring (bicyclic) bond motifs is 2. The molecule has 0 spiro atoms. The summed E-state index contributed by atoms with van der Waals surface area (Å²) in [4.78, 5) is 11.6. The number of hydrazine groups is 1. The fourth-order valence-corrected chi connectivity index (χ4v) is 2.52. The Labute approximate surface area is 94.5 Å². The van der Waals surface area contributed by atoms with Crippen molar-refractivity contribution in [3.8, 4) is 0 Å². The summed E-state index contributed by atoms with van der Waals surface area (Å²) in [5.74, 6) is 0.0581. The highest BCUT2D eigenvalue weighted by Gasteiger charge is 2.29. The van der Waals surface area contributed by atoms with Crippen molar-refractivity contribution in [1.82, 2.24) is 10.9 Å². The Bertz CT molecular complexity index is 490. The van der Waals surface area contributed by atoms with Crippen LogP contribution in [0.2, 0.25) is 0 Å². The van der Waals surface area contributed by atoms with Gasteiger partial charge in [0.05, 0.1) is 11.6 Å². The van der Waals surface area contributed by atoms with E-state index in [1.165, 1.54) is 16.7 Å². The van der Waals surface area contributed by atoms with Crippen LogP contribution >= 0.6 is 0 Å². The van der Waals surface area contributed by atoms with Crippen LogP contribution in [0.15, 0.2) is 29.8 Å². The molecule has 1 heterocycles. The van der Waals surface area contributed by atoms with E-state index in [-0.39, 0.29) is 11.8 Å². The number of hydrogen-bond donors (Lipinski definition) is 2. The molecule has 0 bridgehead atoms. The molecule has 0 saturated heterocycles. The second kappa shape index (κ2) is 3.37. The van der Waals surface area contributed by atoms with Crippen LogP contribution in [0.25, 0.3) is 5.70 Å². The molecular formula is C13H14N2O. The van der Waals surface area contributed by atoms with Gasteiger partial charge in [-0.2, -0.15) is 0 Å². The maximum Gasteiger partial charge on any atom is 0.245 e. The highest BCUT2D eigenvalue weighted by atomic mass is 16.2. The molecule has 1 aromatic carbocycles. The van der Waals surface area contributed by atoms with Gasteiger partial charge in [0, 0.05) is 5.56 Å².